The van der Waals surface area contributed by atoms with Crippen molar-refractivity contribution in [2.75, 3.05) is 6.54 Å². The van der Waals surface area contributed by atoms with Crippen LogP contribution in [0.1, 0.15) is 28.2 Å². The first-order valence-corrected chi connectivity index (χ1v) is 8.80. The summed E-state index contributed by atoms with van der Waals surface area (Å²) in [6.07, 6.45) is -0.499. The predicted octanol–water partition coefficient (Wildman–Crippen LogP) is 2.58. The topological polar surface area (TPSA) is 81.8 Å². The lowest BCUT2D eigenvalue weighted by Crippen LogP contribution is -2.32. The van der Waals surface area contributed by atoms with Gasteiger partial charge in [0.25, 0.3) is 5.91 Å². The minimum atomic E-state index is -4.52. The van der Waals surface area contributed by atoms with Crippen LogP contribution in [0.5, 0.6) is 0 Å². The van der Waals surface area contributed by atoms with Crippen molar-refractivity contribution < 1.29 is 18.0 Å². The van der Waals surface area contributed by atoms with Gasteiger partial charge in [-0.15, -0.1) is 0 Å². The molecule has 0 bridgehead atoms. The molecular weight excluding hydrogens is 387 g/mol. The minimum absolute atomic E-state index is 0.102. The summed E-state index contributed by atoms with van der Waals surface area (Å²) in [4.78, 5) is 24.5. The van der Waals surface area contributed by atoms with E-state index in [1.807, 2.05) is 0 Å². The molecule has 3 rings (SSSR count). The van der Waals surface area contributed by atoms with E-state index in [4.69, 9.17) is 0 Å². The number of amides is 1. The van der Waals surface area contributed by atoms with Crippen LogP contribution in [0.15, 0.2) is 53.6 Å². The minimum Gasteiger partial charge on any atom is -0.350 e. The molecule has 0 fully saturated rings. The zero-order chi connectivity index (χ0) is 21.0. The van der Waals surface area contributed by atoms with Gasteiger partial charge >= 0.3 is 6.18 Å². The molecule has 0 aliphatic heterocycles. The van der Waals surface area contributed by atoms with Gasteiger partial charge in [-0.3, -0.25) is 14.3 Å². The van der Waals surface area contributed by atoms with Crippen molar-refractivity contribution in [2.45, 2.75) is 26.1 Å². The Bertz CT molecular complexity index is 1060. The van der Waals surface area contributed by atoms with Crippen molar-refractivity contribution in [2.24, 2.45) is 0 Å². The summed E-state index contributed by atoms with van der Waals surface area (Å²) in [6.45, 7) is 2.40. The van der Waals surface area contributed by atoms with Crippen molar-refractivity contribution in [3.8, 4) is 5.69 Å². The van der Waals surface area contributed by atoms with Crippen molar-refractivity contribution in [3.63, 3.8) is 0 Å². The second-order valence-electron chi connectivity index (χ2n) is 6.34. The van der Waals surface area contributed by atoms with E-state index in [-0.39, 0.29) is 17.9 Å². The van der Waals surface area contributed by atoms with Gasteiger partial charge in [0.1, 0.15) is 0 Å². The number of halogens is 3. The Balaban J connectivity index is 1.78. The highest BCUT2D eigenvalue weighted by Gasteiger charge is 2.30. The van der Waals surface area contributed by atoms with Crippen LogP contribution < -0.4 is 10.7 Å². The SMILES string of the molecule is Cc1cc(=O)c(C(=O)NCCCn2cccn2)nn1-c1cccc(C(F)(F)F)c1. The Labute approximate surface area is 163 Å². The Morgan fingerprint density at radius 1 is 1.21 bits per heavy atom. The molecule has 0 aliphatic rings. The zero-order valence-electron chi connectivity index (χ0n) is 15.5. The molecule has 0 saturated heterocycles. The van der Waals surface area contributed by atoms with Crippen molar-refractivity contribution >= 4 is 5.91 Å². The number of hydrogen-bond acceptors (Lipinski definition) is 4. The smallest absolute Gasteiger partial charge is 0.350 e. The van der Waals surface area contributed by atoms with Crippen LogP contribution >= 0.6 is 0 Å². The molecule has 0 atom stereocenters. The first-order valence-electron chi connectivity index (χ1n) is 8.80. The van der Waals surface area contributed by atoms with Crippen LogP contribution in [0.2, 0.25) is 0 Å². The molecule has 0 aliphatic carbocycles. The molecule has 0 saturated carbocycles. The predicted molar refractivity (Wildman–Crippen MR) is 98.8 cm³/mol. The third kappa shape index (κ3) is 4.89. The third-order valence-corrected chi connectivity index (χ3v) is 4.15. The second-order valence-corrected chi connectivity index (χ2v) is 6.34. The van der Waals surface area contributed by atoms with E-state index in [2.05, 4.69) is 15.5 Å². The lowest BCUT2D eigenvalue weighted by Gasteiger charge is -2.13. The largest absolute Gasteiger partial charge is 0.416 e. The number of nitrogens with one attached hydrogen (secondary N) is 1. The molecule has 152 valence electrons. The van der Waals surface area contributed by atoms with E-state index in [0.29, 0.717) is 18.7 Å². The molecule has 1 aromatic carbocycles. The van der Waals surface area contributed by atoms with Gasteiger partial charge in [0.15, 0.2) is 5.69 Å². The highest BCUT2D eigenvalue weighted by atomic mass is 19.4. The van der Waals surface area contributed by atoms with Crippen LogP contribution in [0.3, 0.4) is 0 Å². The third-order valence-electron chi connectivity index (χ3n) is 4.15. The van der Waals surface area contributed by atoms with Crippen LogP contribution in [0.4, 0.5) is 13.2 Å². The van der Waals surface area contributed by atoms with Crippen LogP contribution in [0, 0.1) is 6.92 Å². The Morgan fingerprint density at radius 3 is 2.69 bits per heavy atom. The van der Waals surface area contributed by atoms with Gasteiger partial charge in [-0.25, -0.2) is 4.68 Å². The molecule has 7 nitrogen and oxygen atoms in total. The van der Waals surface area contributed by atoms with E-state index in [1.54, 1.807) is 23.1 Å². The maximum atomic E-state index is 13.0. The normalized spacial score (nSPS) is 11.4. The van der Waals surface area contributed by atoms with E-state index in [0.717, 1.165) is 16.8 Å². The fourth-order valence-corrected chi connectivity index (χ4v) is 2.74. The summed E-state index contributed by atoms with van der Waals surface area (Å²) in [5, 5.41) is 10.6. The number of hydrogen-bond donors (Lipinski definition) is 1. The fraction of sp³-hybridized carbons (Fsp3) is 0.263. The van der Waals surface area contributed by atoms with Gasteiger partial charge in [-0.2, -0.15) is 23.4 Å². The molecule has 2 aromatic heterocycles. The molecular formula is C19H18F3N5O2. The first-order chi connectivity index (χ1) is 13.8. The lowest BCUT2D eigenvalue weighted by atomic mass is 10.2. The fourth-order valence-electron chi connectivity index (χ4n) is 2.74. The number of alkyl halides is 3. The van der Waals surface area contributed by atoms with Crippen LogP contribution in [-0.4, -0.2) is 32.0 Å². The van der Waals surface area contributed by atoms with Gasteiger partial charge in [0.2, 0.25) is 5.43 Å². The first kappa shape index (κ1) is 20.3. The van der Waals surface area contributed by atoms with Crippen molar-refractivity contribution in [3.05, 3.63) is 76.0 Å². The molecule has 0 unspecified atom stereocenters. The number of benzene rings is 1. The van der Waals surface area contributed by atoms with Crippen LogP contribution in [0.25, 0.3) is 5.69 Å². The number of rotatable bonds is 6. The second kappa shape index (κ2) is 8.29. The molecule has 2 heterocycles. The summed E-state index contributed by atoms with van der Waals surface area (Å²) < 4.78 is 41.8. The summed E-state index contributed by atoms with van der Waals surface area (Å²) in [5.41, 5.74) is -1.42. The summed E-state index contributed by atoms with van der Waals surface area (Å²) in [5.74, 6) is -0.684. The average Bonchev–Trinajstić information content (AvgIpc) is 3.18. The van der Waals surface area contributed by atoms with Crippen molar-refractivity contribution in [1.82, 2.24) is 24.9 Å². The van der Waals surface area contributed by atoms with Gasteiger partial charge < -0.3 is 5.32 Å². The van der Waals surface area contributed by atoms with E-state index < -0.39 is 23.1 Å². The van der Waals surface area contributed by atoms with Crippen molar-refractivity contribution in [1.29, 1.82) is 0 Å². The Morgan fingerprint density at radius 2 is 2.00 bits per heavy atom. The van der Waals surface area contributed by atoms with Gasteiger partial charge in [-0.05, 0) is 37.6 Å². The monoisotopic (exact) mass is 405 g/mol. The quantitative estimate of drug-likeness (QED) is 0.639. The number of aryl methyl sites for hydroxylation is 2. The number of nitrogens with zero attached hydrogens (tertiary/aromatic N) is 4. The number of aromatic nitrogens is 4. The van der Waals surface area contributed by atoms with Crippen LogP contribution in [-0.2, 0) is 12.7 Å². The van der Waals surface area contributed by atoms with Gasteiger partial charge in [-0.1, -0.05) is 6.07 Å². The van der Waals surface area contributed by atoms with Gasteiger partial charge in [0, 0.05) is 37.2 Å². The molecule has 10 heteroatoms. The molecule has 1 amide bonds. The molecule has 29 heavy (non-hydrogen) atoms. The van der Waals surface area contributed by atoms with E-state index in [9.17, 15) is 22.8 Å². The average molecular weight is 405 g/mol. The Hall–Kier alpha value is -3.43. The standard InChI is InChI=1S/C19H18F3N5O2/c1-13-11-16(28)17(18(29)23-7-3-9-26-10-4-8-24-26)25-27(13)15-6-2-5-14(12-15)19(20,21)22/h2,4-6,8,10-12H,3,7,9H2,1H3,(H,23,29). The molecule has 0 spiro atoms. The highest BCUT2D eigenvalue weighted by Crippen LogP contribution is 2.30. The van der Waals surface area contributed by atoms with E-state index >= 15 is 0 Å². The number of carbonyl (C=O) groups is 1. The molecule has 0 radical (unpaired) electrons. The maximum Gasteiger partial charge on any atom is 0.416 e. The Kier molecular flexibility index (Phi) is 5.81. The molecule has 1 N–H and O–H groups in total. The zero-order valence-corrected chi connectivity index (χ0v) is 15.5. The lowest BCUT2D eigenvalue weighted by molar-refractivity contribution is -0.137. The van der Waals surface area contributed by atoms with Gasteiger partial charge in [0.05, 0.1) is 11.3 Å². The van der Waals surface area contributed by atoms with E-state index in [1.165, 1.54) is 25.1 Å². The summed E-state index contributed by atoms with van der Waals surface area (Å²) in [6, 6.07) is 7.47. The molecule has 3 aromatic rings. The highest BCUT2D eigenvalue weighted by molar-refractivity contribution is 5.92. The number of carbonyl (C=O) groups excluding carboxylic acids is 1. The summed E-state index contributed by atoms with van der Waals surface area (Å²) >= 11 is 0. The maximum absolute atomic E-state index is 13.0. The summed E-state index contributed by atoms with van der Waals surface area (Å²) in [7, 11) is 0.